The van der Waals surface area contributed by atoms with Crippen LogP contribution in [0.15, 0.2) is 24.3 Å². The highest BCUT2D eigenvalue weighted by molar-refractivity contribution is 6.08. The molecular formula is C22H26N2O5. The Morgan fingerprint density at radius 1 is 1.10 bits per heavy atom. The van der Waals surface area contributed by atoms with Crippen molar-refractivity contribution in [3.63, 3.8) is 0 Å². The lowest BCUT2D eigenvalue weighted by molar-refractivity contribution is -0.159. The van der Waals surface area contributed by atoms with Crippen LogP contribution >= 0.6 is 0 Å². The van der Waals surface area contributed by atoms with Crippen molar-refractivity contribution in [1.29, 1.82) is 0 Å². The van der Waals surface area contributed by atoms with Crippen molar-refractivity contribution in [3.8, 4) is 0 Å². The molecule has 2 aliphatic carbocycles. The molecule has 0 aromatic heterocycles. The number of imide groups is 1. The number of carbonyl (C=O) groups excluding carboxylic acids is 4. The predicted molar refractivity (Wildman–Crippen MR) is 105 cm³/mol. The number of nitrogens with one attached hydrogen (secondary N) is 1. The van der Waals surface area contributed by atoms with Crippen molar-refractivity contribution in [1.82, 2.24) is 4.90 Å². The number of anilines is 1. The highest BCUT2D eigenvalue weighted by Gasteiger charge is 2.62. The molecule has 0 spiro atoms. The number of rotatable bonds is 6. The van der Waals surface area contributed by atoms with Gasteiger partial charge in [-0.15, -0.1) is 0 Å². The molecule has 3 fully saturated rings. The number of carbonyl (C=O) groups is 4. The third-order valence-corrected chi connectivity index (χ3v) is 6.68. The van der Waals surface area contributed by atoms with Gasteiger partial charge in [-0.1, -0.05) is 19.1 Å². The van der Waals surface area contributed by atoms with Crippen molar-refractivity contribution >= 4 is 29.4 Å². The molecule has 4 rings (SSSR count). The summed E-state index contributed by atoms with van der Waals surface area (Å²) in [5, 5.41) is 2.66. The molecule has 1 saturated heterocycles. The molecule has 1 aromatic rings. The van der Waals surface area contributed by atoms with E-state index in [2.05, 4.69) is 5.32 Å². The Balaban J connectivity index is 1.32. The summed E-state index contributed by atoms with van der Waals surface area (Å²) >= 11 is 0. The summed E-state index contributed by atoms with van der Waals surface area (Å²) in [5.74, 6) is -1.73. The van der Waals surface area contributed by atoms with Crippen molar-refractivity contribution in [3.05, 3.63) is 29.8 Å². The first kappa shape index (κ1) is 19.6. The number of likely N-dealkylation sites (tertiary alicyclic amines) is 1. The van der Waals surface area contributed by atoms with Crippen LogP contribution in [0.3, 0.4) is 0 Å². The fourth-order valence-corrected chi connectivity index (χ4v) is 5.20. The van der Waals surface area contributed by atoms with Crippen LogP contribution in [0.2, 0.25) is 0 Å². The first-order valence-corrected chi connectivity index (χ1v) is 10.3. The maximum Gasteiger partial charge on any atom is 0.329 e. The molecule has 5 atom stereocenters. The fraction of sp³-hybridized carbons (Fsp3) is 0.545. The van der Waals surface area contributed by atoms with Gasteiger partial charge in [-0.2, -0.15) is 0 Å². The average Bonchev–Trinajstić information content (AvgIpc) is 3.40. The smallest absolute Gasteiger partial charge is 0.329 e. The second kappa shape index (κ2) is 7.61. The summed E-state index contributed by atoms with van der Waals surface area (Å²) in [6, 6.07) is 6.39. The topological polar surface area (TPSA) is 92.8 Å². The Morgan fingerprint density at radius 2 is 1.69 bits per heavy atom. The molecule has 7 heteroatoms. The second-order valence-electron chi connectivity index (χ2n) is 8.31. The number of amides is 3. The summed E-state index contributed by atoms with van der Waals surface area (Å²) < 4.78 is 5.09. The van der Waals surface area contributed by atoms with Crippen molar-refractivity contribution < 1.29 is 23.9 Å². The quantitative estimate of drug-likeness (QED) is 0.585. The standard InChI is InChI=1S/C22H26N2O5/c1-3-13-4-8-16(9-5-13)23-17(25)11-29-22(28)12(2)24-20(26)18-14-6-7-15(10-14)19(18)21(24)27/h4-5,8-9,12,14-15,18-19H,3,6-7,10-11H2,1-2H3,(H,23,25)/t12-,14+,15+,18+,19+/m1/s1. The van der Waals surface area contributed by atoms with Crippen molar-refractivity contribution in [2.75, 3.05) is 11.9 Å². The van der Waals surface area contributed by atoms with Crippen molar-refractivity contribution in [2.24, 2.45) is 23.7 Å². The van der Waals surface area contributed by atoms with Crippen LogP contribution in [0.25, 0.3) is 0 Å². The number of hydrogen-bond donors (Lipinski definition) is 1. The molecule has 3 aliphatic rings. The van der Waals surface area contributed by atoms with E-state index in [1.165, 1.54) is 6.92 Å². The third-order valence-electron chi connectivity index (χ3n) is 6.68. The van der Waals surface area contributed by atoms with Gasteiger partial charge in [0.2, 0.25) is 11.8 Å². The molecule has 1 heterocycles. The van der Waals surface area contributed by atoms with Gasteiger partial charge in [0.25, 0.3) is 5.91 Å². The fourth-order valence-electron chi connectivity index (χ4n) is 5.20. The summed E-state index contributed by atoms with van der Waals surface area (Å²) in [7, 11) is 0. The summed E-state index contributed by atoms with van der Waals surface area (Å²) in [6.45, 7) is 3.07. The monoisotopic (exact) mass is 398 g/mol. The minimum absolute atomic E-state index is 0.253. The first-order valence-electron chi connectivity index (χ1n) is 10.3. The molecule has 2 bridgehead atoms. The lowest BCUT2D eigenvalue weighted by Crippen LogP contribution is -2.45. The van der Waals surface area contributed by atoms with Gasteiger partial charge in [-0.25, -0.2) is 4.79 Å². The summed E-state index contributed by atoms with van der Waals surface area (Å²) in [5.41, 5.74) is 1.77. The SMILES string of the molecule is CCc1ccc(NC(=O)COC(=O)[C@@H](C)N2C(=O)[C@H]3[C@H]4CC[C@@H](C4)[C@@H]3C2=O)cc1. The molecule has 29 heavy (non-hydrogen) atoms. The maximum atomic E-state index is 12.8. The minimum atomic E-state index is -1.02. The molecule has 154 valence electrons. The Labute approximate surface area is 169 Å². The number of aryl methyl sites for hydroxylation is 1. The molecule has 0 radical (unpaired) electrons. The van der Waals surface area contributed by atoms with Gasteiger partial charge in [-0.05, 0) is 62.1 Å². The van der Waals surface area contributed by atoms with E-state index in [0.29, 0.717) is 5.69 Å². The van der Waals surface area contributed by atoms with Gasteiger partial charge in [-0.3, -0.25) is 19.3 Å². The zero-order chi connectivity index (χ0) is 20.7. The second-order valence-corrected chi connectivity index (χ2v) is 8.31. The van der Waals surface area contributed by atoms with E-state index in [-0.39, 0.29) is 35.5 Å². The van der Waals surface area contributed by atoms with Crippen LogP contribution in [0, 0.1) is 23.7 Å². The van der Waals surface area contributed by atoms with Crippen LogP contribution in [-0.4, -0.2) is 41.2 Å². The van der Waals surface area contributed by atoms with Crippen LogP contribution in [0.4, 0.5) is 5.69 Å². The number of benzene rings is 1. The summed E-state index contributed by atoms with van der Waals surface area (Å²) in [6.07, 6.45) is 3.81. The van der Waals surface area contributed by atoms with E-state index in [1.807, 2.05) is 19.1 Å². The Morgan fingerprint density at radius 3 is 2.24 bits per heavy atom. The lowest BCUT2D eigenvalue weighted by Gasteiger charge is -2.23. The zero-order valence-corrected chi connectivity index (χ0v) is 16.7. The van der Waals surface area contributed by atoms with Gasteiger partial charge in [0.05, 0.1) is 11.8 Å². The third kappa shape index (κ3) is 3.43. The Bertz CT molecular complexity index is 821. The van der Waals surface area contributed by atoms with Crippen LogP contribution in [0.1, 0.15) is 38.7 Å². The first-order chi connectivity index (χ1) is 13.9. The highest BCUT2D eigenvalue weighted by Crippen LogP contribution is 2.56. The van der Waals surface area contributed by atoms with E-state index in [1.54, 1.807) is 12.1 Å². The van der Waals surface area contributed by atoms with E-state index in [4.69, 9.17) is 4.74 Å². The largest absolute Gasteiger partial charge is 0.454 e. The molecule has 0 unspecified atom stereocenters. The van der Waals surface area contributed by atoms with Gasteiger partial charge < -0.3 is 10.1 Å². The van der Waals surface area contributed by atoms with Crippen LogP contribution in [-0.2, 0) is 30.3 Å². The van der Waals surface area contributed by atoms with E-state index >= 15 is 0 Å². The number of hydrogen-bond acceptors (Lipinski definition) is 5. The van der Waals surface area contributed by atoms with E-state index < -0.39 is 24.5 Å². The molecule has 1 aliphatic heterocycles. The van der Waals surface area contributed by atoms with Gasteiger partial charge in [0.15, 0.2) is 6.61 Å². The average molecular weight is 398 g/mol. The predicted octanol–water partition coefficient (Wildman–Crippen LogP) is 2.15. The van der Waals surface area contributed by atoms with E-state index in [9.17, 15) is 19.2 Å². The van der Waals surface area contributed by atoms with Crippen molar-refractivity contribution in [2.45, 2.75) is 45.6 Å². The van der Waals surface area contributed by atoms with Gasteiger partial charge in [0, 0.05) is 5.69 Å². The molecule has 2 saturated carbocycles. The van der Waals surface area contributed by atoms with Gasteiger partial charge in [0.1, 0.15) is 6.04 Å². The number of nitrogens with zero attached hydrogens (tertiary/aromatic N) is 1. The normalized spacial score (nSPS) is 28.4. The Hall–Kier alpha value is -2.70. The molecular weight excluding hydrogens is 372 g/mol. The lowest BCUT2D eigenvalue weighted by atomic mass is 9.81. The van der Waals surface area contributed by atoms with E-state index in [0.717, 1.165) is 36.1 Å². The summed E-state index contributed by atoms with van der Waals surface area (Å²) in [4.78, 5) is 51.1. The van der Waals surface area contributed by atoms with Crippen LogP contribution in [0.5, 0.6) is 0 Å². The number of fused-ring (bicyclic) bond motifs is 5. The number of esters is 1. The van der Waals surface area contributed by atoms with Crippen LogP contribution < -0.4 is 5.32 Å². The molecule has 3 amide bonds. The molecule has 1 aromatic carbocycles. The maximum absolute atomic E-state index is 12.8. The molecule has 1 N–H and O–H groups in total. The number of ether oxygens (including phenoxy) is 1. The molecule has 7 nitrogen and oxygen atoms in total. The zero-order valence-electron chi connectivity index (χ0n) is 16.7. The minimum Gasteiger partial charge on any atom is -0.454 e. The highest BCUT2D eigenvalue weighted by atomic mass is 16.5. The Kier molecular flexibility index (Phi) is 5.15. The van der Waals surface area contributed by atoms with Gasteiger partial charge >= 0.3 is 5.97 Å².